The molecule has 0 bridgehead atoms. The van der Waals surface area contributed by atoms with Crippen LogP contribution < -0.4 is 0 Å². The minimum Gasteiger partial charge on any atom is -0.212 e. The highest BCUT2D eigenvalue weighted by atomic mass is 32.2. The van der Waals surface area contributed by atoms with E-state index in [1.54, 1.807) is 4.31 Å². The van der Waals surface area contributed by atoms with Gasteiger partial charge in [0.25, 0.3) is 0 Å². The molecule has 0 aromatic carbocycles. The van der Waals surface area contributed by atoms with Crippen LogP contribution in [0, 0.1) is 5.41 Å². The average Bonchev–Trinajstić information content (AvgIpc) is 2.61. The van der Waals surface area contributed by atoms with Crippen molar-refractivity contribution >= 4 is 10.0 Å². The summed E-state index contributed by atoms with van der Waals surface area (Å²) in [6.07, 6.45) is 4.20. The van der Waals surface area contributed by atoms with E-state index in [1.807, 2.05) is 6.92 Å². The first-order chi connectivity index (χ1) is 6.43. The molecule has 1 aliphatic carbocycles. The predicted molar refractivity (Wildman–Crippen MR) is 56.5 cm³/mol. The summed E-state index contributed by atoms with van der Waals surface area (Å²) in [6, 6.07) is 0.224. The van der Waals surface area contributed by atoms with Crippen LogP contribution in [0.15, 0.2) is 0 Å². The van der Waals surface area contributed by atoms with Crippen molar-refractivity contribution in [3.05, 3.63) is 0 Å². The van der Waals surface area contributed by atoms with Gasteiger partial charge in [0.15, 0.2) is 0 Å². The second-order valence-corrected chi connectivity index (χ2v) is 7.09. The number of hydrogen-bond donors (Lipinski definition) is 0. The first-order valence-corrected chi connectivity index (χ1v) is 7.03. The molecule has 82 valence electrons. The van der Waals surface area contributed by atoms with Crippen LogP contribution in [-0.4, -0.2) is 31.1 Å². The van der Waals surface area contributed by atoms with Gasteiger partial charge in [-0.1, -0.05) is 6.92 Å². The smallest absolute Gasteiger partial charge is 0.212 e. The van der Waals surface area contributed by atoms with Gasteiger partial charge in [-0.25, -0.2) is 8.42 Å². The van der Waals surface area contributed by atoms with Crippen molar-refractivity contribution < 1.29 is 8.42 Å². The standard InChI is InChI=1S/C10H19NO2S/c1-9-4-3-7-11(9)14(12,13)8-10(2)5-6-10/h9H,3-8H2,1-2H3. The normalized spacial score (nSPS) is 32.0. The Kier molecular flexibility index (Phi) is 2.39. The molecule has 1 saturated heterocycles. The molecule has 0 spiro atoms. The summed E-state index contributed by atoms with van der Waals surface area (Å²) in [6.45, 7) is 4.82. The lowest BCUT2D eigenvalue weighted by atomic mass is 10.2. The van der Waals surface area contributed by atoms with Crippen LogP contribution in [0.3, 0.4) is 0 Å². The maximum Gasteiger partial charge on any atom is 0.214 e. The Morgan fingerprint density at radius 2 is 2.07 bits per heavy atom. The SMILES string of the molecule is CC1CCCN1S(=O)(=O)CC1(C)CC1. The lowest BCUT2D eigenvalue weighted by Crippen LogP contribution is -2.37. The Bertz CT molecular complexity index is 319. The highest BCUT2D eigenvalue weighted by Crippen LogP contribution is 2.46. The van der Waals surface area contributed by atoms with E-state index in [0.717, 1.165) is 32.2 Å². The van der Waals surface area contributed by atoms with Crippen molar-refractivity contribution in [3.8, 4) is 0 Å². The Morgan fingerprint density at radius 1 is 1.43 bits per heavy atom. The van der Waals surface area contributed by atoms with E-state index < -0.39 is 10.0 Å². The van der Waals surface area contributed by atoms with Gasteiger partial charge >= 0.3 is 0 Å². The second-order valence-electron chi connectivity index (χ2n) is 5.17. The molecule has 0 aromatic rings. The van der Waals surface area contributed by atoms with Crippen LogP contribution in [0.2, 0.25) is 0 Å². The molecule has 14 heavy (non-hydrogen) atoms. The van der Waals surface area contributed by atoms with E-state index in [1.165, 1.54) is 0 Å². The van der Waals surface area contributed by atoms with Gasteiger partial charge in [0.1, 0.15) is 0 Å². The maximum absolute atomic E-state index is 12.0. The third kappa shape index (κ3) is 1.96. The molecule has 2 rings (SSSR count). The quantitative estimate of drug-likeness (QED) is 0.720. The summed E-state index contributed by atoms with van der Waals surface area (Å²) in [7, 11) is -2.97. The van der Waals surface area contributed by atoms with E-state index >= 15 is 0 Å². The van der Waals surface area contributed by atoms with Crippen molar-refractivity contribution in [1.29, 1.82) is 0 Å². The fourth-order valence-electron chi connectivity index (χ4n) is 2.20. The molecule has 2 fully saturated rings. The predicted octanol–water partition coefficient (Wildman–Crippen LogP) is 1.60. The third-order valence-electron chi connectivity index (χ3n) is 3.48. The molecule has 4 heteroatoms. The van der Waals surface area contributed by atoms with Crippen molar-refractivity contribution in [2.45, 2.75) is 45.6 Å². The van der Waals surface area contributed by atoms with Gasteiger partial charge < -0.3 is 0 Å². The monoisotopic (exact) mass is 217 g/mol. The van der Waals surface area contributed by atoms with E-state index in [4.69, 9.17) is 0 Å². The zero-order chi connectivity index (χ0) is 10.4. The van der Waals surface area contributed by atoms with Gasteiger partial charge in [0.05, 0.1) is 5.75 Å². The van der Waals surface area contributed by atoms with E-state index in [-0.39, 0.29) is 11.5 Å². The first kappa shape index (κ1) is 10.4. The van der Waals surface area contributed by atoms with Gasteiger partial charge in [-0.3, -0.25) is 0 Å². The summed E-state index contributed by atoms with van der Waals surface area (Å²) >= 11 is 0. The molecule has 1 heterocycles. The zero-order valence-corrected chi connectivity index (χ0v) is 9.81. The van der Waals surface area contributed by atoms with Crippen molar-refractivity contribution in [1.82, 2.24) is 4.31 Å². The summed E-state index contributed by atoms with van der Waals surface area (Å²) in [5.41, 5.74) is 0.0984. The molecule has 2 aliphatic rings. The molecule has 0 aromatic heterocycles. The van der Waals surface area contributed by atoms with Gasteiger partial charge in [-0.2, -0.15) is 4.31 Å². The lowest BCUT2D eigenvalue weighted by Gasteiger charge is -2.22. The summed E-state index contributed by atoms with van der Waals surface area (Å²) < 4.78 is 25.8. The molecule has 1 atom stereocenters. The lowest BCUT2D eigenvalue weighted by molar-refractivity contribution is 0.401. The minimum absolute atomic E-state index is 0.0984. The molecular formula is C10H19NO2S. The Balaban J connectivity index is 2.07. The Labute approximate surface area is 86.5 Å². The summed E-state index contributed by atoms with van der Waals surface area (Å²) in [5, 5.41) is 0. The summed E-state index contributed by atoms with van der Waals surface area (Å²) in [5.74, 6) is 0.365. The second kappa shape index (κ2) is 3.20. The number of nitrogens with zero attached hydrogens (tertiary/aromatic N) is 1. The molecule has 0 amide bonds. The molecule has 3 nitrogen and oxygen atoms in total. The maximum atomic E-state index is 12.0. The molecular weight excluding hydrogens is 198 g/mol. The molecule has 1 unspecified atom stereocenters. The van der Waals surface area contributed by atoms with Crippen LogP contribution >= 0.6 is 0 Å². The van der Waals surface area contributed by atoms with Gasteiger partial charge in [-0.15, -0.1) is 0 Å². The largest absolute Gasteiger partial charge is 0.214 e. The highest BCUT2D eigenvalue weighted by molar-refractivity contribution is 7.89. The van der Waals surface area contributed by atoms with Crippen molar-refractivity contribution in [2.24, 2.45) is 5.41 Å². The van der Waals surface area contributed by atoms with Crippen LogP contribution in [0.4, 0.5) is 0 Å². The first-order valence-electron chi connectivity index (χ1n) is 5.43. The molecule has 0 radical (unpaired) electrons. The molecule has 1 saturated carbocycles. The Hall–Kier alpha value is -0.0900. The van der Waals surface area contributed by atoms with E-state index in [0.29, 0.717) is 5.75 Å². The minimum atomic E-state index is -2.97. The van der Waals surface area contributed by atoms with Crippen LogP contribution in [0.25, 0.3) is 0 Å². The fraction of sp³-hybridized carbons (Fsp3) is 1.00. The number of sulfonamides is 1. The third-order valence-corrected chi connectivity index (χ3v) is 5.80. The highest BCUT2D eigenvalue weighted by Gasteiger charge is 2.44. The topological polar surface area (TPSA) is 37.4 Å². The average molecular weight is 217 g/mol. The van der Waals surface area contributed by atoms with Gasteiger partial charge in [-0.05, 0) is 38.0 Å². The van der Waals surface area contributed by atoms with E-state index in [2.05, 4.69) is 6.92 Å². The molecule has 1 aliphatic heterocycles. The van der Waals surface area contributed by atoms with Gasteiger partial charge in [0, 0.05) is 12.6 Å². The Morgan fingerprint density at radius 3 is 2.50 bits per heavy atom. The van der Waals surface area contributed by atoms with Crippen molar-refractivity contribution in [3.63, 3.8) is 0 Å². The number of rotatable bonds is 3. The van der Waals surface area contributed by atoms with Crippen LogP contribution in [-0.2, 0) is 10.0 Å². The fourth-order valence-corrected chi connectivity index (χ4v) is 4.60. The van der Waals surface area contributed by atoms with Gasteiger partial charge in [0.2, 0.25) is 10.0 Å². The van der Waals surface area contributed by atoms with E-state index in [9.17, 15) is 8.42 Å². The van der Waals surface area contributed by atoms with Crippen LogP contribution in [0.1, 0.15) is 39.5 Å². The van der Waals surface area contributed by atoms with Crippen LogP contribution in [0.5, 0.6) is 0 Å². The molecule has 0 N–H and O–H groups in total. The zero-order valence-electron chi connectivity index (χ0n) is 8.99. The summed E-state index contributed by atoms with van der Waals surface area (Å²) in [4.78, 5) is 0. The number of hydrogen-bond acceptors (Lipinski definition) is 2. The van der Waals surface area contributed by atoms with Crippen molar-refractivity contribution in [2.75, 3.05) is 12.3 Å².